The van der Waals surface area contributed by atoms with Gasteiger partial charge in [0, 0.05) is 31.1 Å². The van der Waals surface area contributed by atoms with Crippen molar-refractivity contribution in [2.45, 2.75) is 25.8 Å². The van der Waals surface area contributed by atoms with Gasteiger partial charge in [-0.15, -0.1) is 0 Å². The number of aromatic nitrogens is 4. The first-order valence-corrected chi connectivity index (χ1v) is 6.19. The molecule has 3 rings (SSSR count). The fourth-order valence-corrected chi connectivity index (χ4v) is 2.23. The first-order chi connectivity index (χ1) is 8.83. The molecule has 0 bridgehead atoms. The Balaban J connectivity index is 1.80. The van der Waals surface area contributed by atoms with Gasteiger partial charge in [0.05, 0.1) is 30.7 Å². The molecule has 94 valence electrons. The smallest absolute Gasteiger partial charge is 0.114 e. The van der Waals surface area contributed by atoms with Crippen molar-refractivity contribution in [2.75, 3.05) is 13.2 Å². The van der Waals surface area contributed by atoms with Crippen molar-refractivity contribution in [3.8, 4) is 0 Å². The van der Waals surface area contributed by atoms with Crippen LogP contribution >= 0.6 is 0 Å². The van der Waals surface area contributed by atoms with Crippen LogP contribution < -0.4 is 0 Å². The summed E-state index contributed by atoms with van der Waals surface area (Å²) in [6, 6.07) is 0. The summed E-state index contributed by atoms with van der Waals surface area (Å²) in [5, 5.41) is 0. The fraction of sp³-hybridized carbons (Fsp3) is 0.462. The second-order valence-electron chi connectivity index (χ2n) is 4.62. The molecule has 0 aromatic carbocycles. The lowest BCUT2D eigenvalue weighted by molar-refractivity contribution is 0.192. The van der Waals surface area contributed by atoms with E-state index in [1.54, 1.807) is 6.20 Å². The van der Waals surface area contributed by atoms with Crippen LogP contribution in [-0.2, 0) is 11.3 Å². The first-order valence-electron chi connectivity index (χ1n) is 6.19. The van der Waals surface area contributed by atoms with Crippen molar-refractivity contribution in [3.05, 3.63) is 42.0 Å². The van der Waals surface area contributed by atoms with E-state index >= 15 is 0 Å². The van der Waals surface area contributed by atoms with Gasteiger partial charge in [-0.2, -0.15) is 0 Å². The zero-order valence-electron chi connectivity index (χ0n) is 10.4. The van der Waals surface area contributed by atoms with Gasteiger partial charge in [0.25, 0.3) is 0 Å². The summed E-state index contributed by atoms with van der Waals surface area (Å²) in [4.78, 5) is 13.1. The molecule has 0 amide bonds. The highest BCUT2D eigenvalue weighted by Crippen LogP contribution is 2.23. The fourth-order valence-electron chi connectivity index (χ4n) is 2.23. The summed E-state index contributed by atoms with van der Waals surface area (Å²) in [5.41, 5.74) is 1.90. The Morgan fingerprint density at radius 2 is 2.28 bits per heavy atom. The maximum absolute atomic E-state index is 5.42. The number of aryl methyl sites for hydroxylation is 1. The molecule has 0 aliphatic carbocycles. The highest BCUT2D eigenvalue weighted by atomic mass is 16.5. The molecule has 3 heterocycles. The van der Waals surface area contributed by atoms with E-state index in [0.717, 1.165) is 43.4 Å². The summed E-state index contributed by atoms with van der Waals surface area (Å²) in [6.45, 7) is 4.27. The van der Waals surface area contributed by atoms with E-state index in [1.165, 1.54) is 0 Å². The van der Waals surface area contributed by atoms with E-state index in [4.69, 9.17) is 4.74 Å². The number of rotatable bonds is 3. The van der Waals surface area contributed by atoms with E-state index in [9.17, 15) is 0 Å². The quantitative estimate of drug-likeness (QED) is 0.821. The van der Waals surface area contributed by atoms with E-state index in [-0.39, 0.29) is 0 Å². The van der Waals surface area contributed by atoms with Crippen molar-refractivity contribution >= 4 is 0 Å². The molecule has 5 heteroatoms. The largest absolute Gasteiger partial charge is 0.381 e. The number of hydrogen-bond donors (Lipinski definition) is 0. The van der Waals surface area contributed by atoms with E-state index < -0.39 is 0 Å². The van der Waals surface area contributed by atoms with Gasteiger partial charge in [-0.1, -0.05) is 0 Å². The second kappa shape index (κ2) is 4.86. The van der Waals surface area contributed by atoms with Crippen LogP contribution in [0.1, 0.15) is 29.6 Å². The molecule has 1 fully saturated rings. The zero-order valence-corrected chi connectivity index (χ0v) is 10.4. The molecule has 1 aliphatic heterocycles. The lowest BCUT2D eigenvalue weighted by Crippen LogP contribution is -2.10. The van der Waals surface area contributed by atoms with Crippen LogP contribution in [-0.4, -0.2) is 32.7 Å². The summed E-state index contributed by atoms with van der Waals surface area (Å²) in [5.74, 6) is 1.51. The van der Waals surface area contributed by atoms with Gasteiger partial charge >= 0.3 is 0 Å². The normalized spacial score (nSPS) is 19.3. The van der Waals surface area contributed by atoms with Gasteiger partial charge in [0.2, 0.25) is 0 Å². The van der Waals surface area contributed by atoms with Gasteiger partial charge in [-0.05, 0) is 13.3 Å². The Morgan fingerprint density at radius 1 is 1.33 bits per heavy atom. The molecule has 0 N–H and O–H groups in total. The summed E-state index contributed by atoms with van der Waals surface area (Å²) in [6.07, 6.45) is 8.51. The van der Waals surface area contributed by atoms with Crippen molar-refractivity contribution in [2.24, 2.45) is 0 Å². The van der Waals surface area contributed by atoms with Crippen LogP contribution in [0.4, 0.5) is 0 Å². The molecule has 0 saturated carbocycles. The maximum Gasteiger partial charge on any atom is 0.114 e. The maximum atomic E-state index is 5.42. The Bertz CT molecular complexity index is 514. The third kappa shape index (κ3) is 2.26. The van der Waals surface area contributed by atoms with E-state index in [0.29, 0.717) is 5.92 Å². The van der Waals surface area contributed by atoms with Crippen molar-refractivity contribution in [3.63, 3.8) is 0 Å². The van der Waals surface area contributed by atoms with Crippen molar-refractivity contribution in [1.82, 2.24) is 19.5 Å². The Kier molecular flexibility index (Phi) is 3.06. The molecular formula is C13H16N4O. The van der Waals surface area contributed by atoms with Crippen molar-refractivity contribution in [1.29, 1.82) is 0 Å². The van der Waals surface area contributed by atoms with Crippen LogP contribution in [0.5, 0.6) is 0 Å². The average molecular weight is 244 g/mol. The van der Waals surface area contributed by atoms with Crippen LogP contribution in [0, 0.1) is 6.92 Å². The zero-order chi connectivity index (χ0) is 12.4. The molecule has 0 radical (unpaired) electrons. The molecule has 5 nitrogen and oxygen atoms in total. The van der Waals surface area contributed by atoms with Gasteiger partial charge in [-0.3, -0.25) is 9.97 Å². The Morgan fingerprint density at radius 3 is 3.00 bits per heavy atom. The second-order valence-corrected chi connectivity index (χ2v) is 4.62. The minimum atomic E-state index is 0.415. The SMILES string of the molecule is Cc1cnc(Cn2ccnc2[C@@H]2CCOC2)cn1. The third-order valence-electron chi connectivity index (χ3n) is 3.21. The topological polar surface area (TPSA) is 52.8 Å². The number of nitrogens with zero attached hydrogens (tertiary/aromatic N) is 4. The molecule has 2 aromatic heterocycles. The standard InChI is InChI=1S/C13H16N4O/c1-10-6-16-12(7-15-10)8-17-4-3-14-13(17)11-2-5-18-9-11/h3-4,6-7,11H,2,5,8-9H2,1H3/t11-/m1/s1. The van der Waals surface area contributed by atoms with Crippen molar-refractivity contribution < 1.29 is 4.74 Å². The number of ether oxygens (including phenoxy) is 1. The molecule has 1 saturated heterocycles. The molecule has 0 spiro atoms. The monoisotopic (exact) mass is 244 g/mol. The van der Waals surface area contributed by atoms with Crippen LogP contribution in [0.15, 0.2) is 24.8 Å². The first kappa shape index (κ1) is 11.3. The predicted octanol–water partition coefficient (Wildman–Crippen LogP) is 1.53. The van der Waals surface area contributed by atoms with Gasteiger partial charge in [0.1, 0.15) is 5.82 Å². The molecule has 2 aromatic rings. The molecule has 0 unspecified atom stereocenters. The summed E-state index contributed by atoms with van der Waals surface area (Å²) in [7, 11) is 0. The summed E-state index contributed by atoms with van der Waals surface area (Å²) >= 11 is 0. The molecule has 1 aliphatic rings. The van der Waals surface area contributed by atoms with Crippen LogP contribution in [0.3, 0.4) is 0 Å². The number of imidazole rings is 1. The van der Waals surface area contributed by atoms with E-state index in [1.807, 2.05) is 25.5 Å². The predicted molar refractivity (Wildman–Crippen MR) is 66.3 cm³/mol. The van der Waals surface area contributed by atoms with Gasteiger partial charge in [0.15, 0.2) is 0 Å². The minimum Gasteiger partial charge on any atom is -0.381 e. The minimum absolute atomic E-state index is 0.415. The lowest BCUT2D eigenvalue weighted by Gasteiger charge is -2.11. The lowest BCUT2D eigenvalue weighted by atomic mass is 10.1. The molecule has 18 heavy (non-hydrogen) atoms. The highest BCUT2D eigenvalue weighted by Gasteiger charge is 2.22. The average Bonchev–Trinajstić information content (AvgIpc) is 3.02. The molecule has 1 atom stereocenters. The Hall–Kier alpha value is -1.75. The highest BCUT2D eigenvalue weighted by molar-refractivity contribution is 5.07. The third-order valence-corrected chi connectivity index (χ3v) is 3.21. The molecular weight excluding hydrogens is 228 g/mol. The van der Waals surface area contributed by atoms with Gasteiger partial charge < -0.3 is 9.30 Å². The van der Waals surface area contributed by atoms with Gasteiger partial charge in [-0.25, -0.2) is 4.98 Å². The van der Waals surface area contributed by atoms with Crippen LogP contribution in [0.25, 0.3) is 0 Å². The number of hydrogen-bond acceptors (Lipinski definition) is 4. The Labute approximate surface area is 106 Å². The van der Waals surface area contributed by atoms with Crippen LogP contribution in [0.2, 0.25) is 0 Å². The summed E-state index contributed by atoms with van der Waals surface area (Å²) < 4.78 is 7.56. The van der Waals surface area contributed by atoms with E-state index in [2.05, 4.69) is 19.5 Å².